The number of nitro groups is 1. The highest BCUT2D eigenvalue weighted by Crippen LogP contribution is 2.34. The number of amides is 1. The lowest BCUT2D eigenvalue weighted by molar-refractivity contribution is -0.385. The molecular formula is C20H21ClN2O7. The van der Waals surface area contributed by atoms with Gasteiger partial charge in [0.2, 0.25) is 5.75 Å². The third-order valence-electron chi connectivity index (χ3n) is 3.67. The highest BCUT2D eigenvalue weighted by atomic mass is 35.5. The Balaban J connectivity index is 2.18. The van der Waals surface area contributed by atoms with E-state index in [9.17, 15) is 24.8 Å². The third-order valence-corrected chi connectivity index (χ3v) is 3.91. The number of hydrogen-bond acceptors (Lipinski definition) is 6. The molecule has 0 aliphatic carbocycles. The van der Waals surface area contributed by atoms with Crippen molar-refractivity contribution in [1.82, 2.24) is 5.32 Å². The SMILES string of the molecule is CC(C)(C)OC(=O)NC(Cc1cccc(Oc2cc(Cl)ccc2[N+](=O)[O-])c1)C(=O)O. The molecule has 1 unspecified atom stereocenters. The Morgan fingerprint density at radius 2 is 1.93 bits per heavy atom. The first kappa shape index (κ1) is 23.0. The molecule has 1 amide bonds. The summed E-state index contributed by atoms with van der Waals surface area (Å²) in [5.41, 5.74) is -0.507. The fourth-order valence-corrected chi connectivity index (χ4v) is 2.63. The molecule has 10 heteroatoms. The van der Waals surface area contributed by atoms with Gasteiger partial charge < -0.3 is 19.9 Å². The molecule has 160 valence electrons. The molecule has 30 heavy (non-hydrogen) atoms. The van der Waals surface area contributed by atoms with Gasteiger partial charge in [-0.3, -0.25) is 10.1 Å². The molecule has 0 bridgehead atoms. The summed E-state index contributed by atoms with van der Waals surface area (Å²) in [6.07, 6.45) is -0.902. The van der Waals surface area contributed by atoms with E-state index < -0.39 is 28.6 Å². The summed E-state index contributed by atoms with van der Waals surface area (Å²) < 4.78 is 10.7. The minimum Gasteiger partial charge on any atom is -0.480 e. The van der Waals surface area contributed by atoms with Crippen LogP contribution < -0.4 is 10.1 Å². The van der Waals surface area contributed by atoms with Crippen molar-refractivity contribution in [2.24, 2.45) is 0 Å². The van der Waals surface area contributed by atoms with Gasteiger partial charge in [0, 0.05) is 23.6 Å². The Hall–Kier alpha value is -3.33. The number of nitrogens with zero attached hydrogens (tertiary/aromatic N) is 1. The second-order valence-electron chi connectivity index (χ2n) is 7.36. The summed E-state index contributed by atoms with van der Waals surface area (Å²) in [5.74, 6) is -1.04. The van der Waals surface area contributed by atoms with Crippen molar-refractivity contribution < 1.29 is 29.1 Å². The second kappa shape index (κ2) is 9.45. The number of hydrogen-bond donors (Lipinski definition) is 2. The van der Waals surface area contributed by atoms with Crippen LogP contribution in [0.25, 0.3) is 0 Å². The number of carbonyl (C=O) groups excluding carboxylic acids is 1. The molecule has 1 atom stereocenters. The van der Waals surface area contributed by atoms with E-state index in [0.29, 0.717) is 5.56 Å². The lowest BCUT2D eigenvalue weighted by atomic mass is 10.1. The van der Waals surface area contributed by atoms with Crippen LogP contribution in [0, 0.1) is 10.1 Å². The predicted molar refractivity (Wildman–Crippen MR) is 109 cm³/mol. The van der Waals surface area contributed by atoms with Gasteiger partial charge in [-0.1, -0.05) is 23.7 Å². The zero-order valence-electron chi connectivity index (χ0n) is 16.5. The standard InChI is InChI=1S/C20H21ClN2O7/c1-20(2,3)30-19(26)22-15(18(24)25)10-12-5-4-6-14(9-12)29-17-11-13(21)7-8-16(17)23(27)28/h4-9,11,15H,10H2,1-3H3,(H,22,26)(H,24,25). The van der Waals surface area contributed by atoms with Crippen molar-refractivity contribution in [3.05, 3.63) is 63.2 Å². The third kappa shape index (κ3) is 6.93. The van der Waals surface area contributed by atoms with Gasteiger partial charge in [-0.15, -0.1) is 0 Å². The van der Waals surface area contributed by atoms with E-state index in [0.717, 1.165) is 0 Å². The van der Waals surface area contributed by atoms with Gasteiger partial charge in [-0.25, -0.2) is 9.59 Å². The average molecular weight is 437 g/mol. The minimum atomic E-state index is -1.24. The Morgan fingerprint density at radius 3 is 2.53 bits per heavy atom. The molecule has 0 saturated heterocycles. The number of nitrogens with one attached hydrogen (secondary N) is 1. The first-order valence-corrected chi connectivity index (χ1v) is 9.25. The van der Waals surface area contributed by atoms with Crippen molar-refractivity contribution in [3.8, 4) is 11.5 Å². The van der Waals surface area contributed by atoms with E-state index >= 15 is 0 Å². The van der Waals surface area contributed by atoms with E-state index in [1.54, 1.807) is 39.0 Å². The number of aliphatic carboxylic acids is 1. The summed E-state index contributed by atoms with van der Waals surface area (Å²) in [7, 11) is 0. The number of alkyl carbamates (subject to hydrolysis) is 1. The predicted octanol–water partition coefficient (Wildman–Crippen LogP) is 4.56. The number of carbonyl (C=O) groups is 2. The Bertz CT molecular complexity index is 956. The molecule has 0 aromatic heterocycles. The second-order valence-corrected chi connectivity index (χ2v) is 7.80. The number of benzene rings is 2. The van der Waals surface area contributed by atoms with Crippen LogP contribution in [0.15, 0.2) is 42.5 Å². The first-order valence-electron chi connectivity index (χ1n) is 8.87. The largest absolute Gasteiger partial charge is 0.480 e. The summed E-state index contributed by atoms with van der Waals surface area (Å²) in [6.45, 7) is 4.99. The molecular weight excluding hydrogens is 416 g/mol. The van der Waals surface area contributed by atoms with Crippen LogP contribution in [0.4, 0.5) is 10.5 Å². The maximum atomic E-state index is 11.9. The molecule has 0 saturated carbocycles. The topological polar surface area (TPSA) is 128 Å². The zero-order valence-corrected chi connectivity index (χ0v) is 17.3. The molecule has 9 nitrogen and oxygen atoms in total. The molecule has 2 aromatic rings. The number of carboxylic acids is 1. The zero-order chi connectivity index (χ0) is 22.5. The van der Waals surface area contributed by atoms with Gasteiger partial charge >= 0.3 is 17.7 Å². The molecule has 2 rings (SSSR count). The number of carboxylic acid groups (broad SMARTS) is 1. The fraction of sp³-hybridized carbons (Fsp3) is 0.300. The van der Waals surface area contributed by atoms with Crippen LogP contribution in [0.3, 0.4) is 0 Å². The highest BCUT2D eigenvalue weighted by molar-refractivity contribution is 6.30. The van der Waals surface area contributed by atoms with Gasteiger partial charge in [0.15, 0.2) is 0 Å². The Kier molecular flexibility index (Phi) is 7.23. The van der Waals surface area contributed by atoms with Crippen molar-refractivity contribution in [2.45, 2.75) is 38.8 Å². The lowest BCUT2D eigenvalue weighted by Gasteiger charge is -2.22. The fourth-order valence-electron chi connectivity index (χ4n) is 2.47. The quantitative estimate of drug-likeness (QED) is 0.480. The molecule has 2 aromatic carbocycles. The Morgan fingerprint density at radius 1 is 1.23 bits per heavy atom. The van der Waals surface area contributed by atoms with Gasteiger partial charge in [-0.05, 0) is 44.5 Å². The van der Waals surface area contributed by atoms with Gasteiger partial charge in [0.05, 0.1) is 4.92 Å². The number of nitro benzene ring substituents is 1. The van der Waals surface area contributed by atoms with E-state index in [2.05, 4.69) is 5.32 Å². The summed E-state index contributed by atoms with van der Waals surface area (Å²) in [4.78, 5) is 34.0. The normalized spacial score (nSPS) is 12.0. The smallest absolute Gasteiger partial charge is 0.408 e. The highest BCUT2D eigenvalue weighted by Gasteiger charge is 2.24. The van der Waals surface area contributed by atoms with E-state index in [-0.39, 0.29) is 28.6 Å². The van der Waals surface area contributed by atoms with Crippen LogP contribution in [-0.2, 0) is 16.0 Å². The first-order chi connectivity index (χ1) is 13.9. The lowest BCUT2D eigenvalue weighted by Crippen LogP contribution is -2.44. The van der Waals surface area contributed by atoms with E-state index in [4.69, 9.17) is 21.1 Å². The van der Waals surface area contributed by atoms with Crippen molar-refractivity contribution in [1.29, 1.82) is 0 Å². The molecule has 2 N–H and O–H groups in total. The monoisotopic (exact) mass is 436 g/mol. The number of halogens is 1. The minimum absolute atomic E-state index is 0.0497. The molecule has 0 aliphatic heterocycles. The van der Waals surface area contributed by atoms with Gasteiger partial charge in [-0.2, -0.15) is 0 Å². The molecule has 0 heterocycles. The average Bonchev–Trinajstić information content (AvgIpc) is 2.59. The molecule has 0 radical (unpaired) electrons. The van der Waals surface area contributed by atoms with Crippen LogP contribution in [0.1, 0.15) is 26.3 Å². The molecule has 0 spiro atoms. The summed E-state index contributed by atoms with van der Waals surface area (Å²) in [6, 6.07) is 9.02. The van der Waals surface area contributed by atoms with E-state index in [1.807, 2.05) is 0 Å². The van der Waals surface area contributed by atoms with Gasteiger partial charge in [0.1, 0.15) is 17.4 Å². The maximum Gasteiger partial charge on any atom is 0.408 e. The number of ether oxygens (including phenoxy) is 2. The number of rotatable bonds is 7. The summed E-state index contributed by atoms with van der Waals surface area (Å²) >= 11 is 5.90. The van der Waals surface area contributed by atoms with Crippen molar-refractivity contribution >= 4 is 29.4 Å². The Labute approximate surface area is 177 Å². The van der Waals surface area contributed by atoms with Crippen LogP contribution in [0.5, 0.6) is 11.5 Å². The van der Waals surface area contributed by atoms with Gasteiger partial charge in [0.25, 0.3) is 0 Å². The van der Waals surface area contributed by atoms with Crippen molar-refractivity contribution in [2.75, 3.05) is 0 Å². The van der Waals surface area contributed by atoms with Crippen LogP contribution in [-0.4, -0.2) is 33.7 Å². The van der Waals surface area contributed by atoms with Crippen LogP contribution >= 0.6 is 11.6 Å². The van der Waals surface area contributed by atoms with Crippen LogP contribution in [0.2, 0.25) is 5.02 Å². The molecule has 0 aliphatic rings. The van der Waals surface area contributed by atoms with E-state index in [1.165, 1.54) is 24.3 Å². The molecule has 0 fully saturated rings. The van der Waals surface area contributed by atoms with Crippen molar-refractivity contribution in [3.63, 3.8) is 0 Å². The maximum absolute atomic E-state index is 11.9. The summed E-state index contributed by atoms with van der Waals surface area (Å²) in [5, 5.41) is 23.2.